The number of hydrogen-bond acceptors (Lipinski definition) is 4. The Morgan fingerprint density at radius 3 is 2.59 bits per heavy atom. The third-order valence-electron chi connectivity index (χ3n) is 4.89. The van der Waals surface area contributed by atoms with Gasteiger partial charge in [-0.25, -0.2) is 8.42 Å². The summed E-state index contributed by atoms with van der Waals surface area (Å²) in [5.74, 6) is -0.444. The van der Waals surface area contributed by atoms with Crippen LogP contribution in [0.2, 0.25) is 0 Å². The quantitative estimate of drug-likeness (QED) is 0.756. The van der Waals surface area contributed by atoms with Crippen molar-refractivity contribution >= 4 is 27.5 Å². The first-order valence-electron chi connectivity index (χ1n) is 9.47. The number of carbonyl (C=O) groups excluding carboxylic acids is 2. The standard InChI is InChI=1S/C21H25N3O4S/c1-15-6-8-16(9-7-15)13-22-21(26)14-24(2)29(27,28)18-10-11-19-17(12-18)4-3-5-20(25)23-19/h6-12H,3-5,13-14H2,1-2H3,(H,22,26)(H,23,25). The second kappa shape index (κ2) is 8.75. The first kappa shape index (κ1) is 21.0. The van der Waals surface area contributed by atoms with Crippen molar-refractivity contribution < 1.29 is 18.0 Å². The van der Waals surface area contributed by atoms with E-state index in [1.807, 2.05) is 31.2 Å². The third-order valence-corrected chi connectivity index (χ3v) is 6.68. The number of hydrogen-bond donors (Lipinski definition) is 2. The highest BCUT2D eigenvalue weighted by Gasteiger charge is 2.24. The Morgan fingerprint density at radius 2 is 1.86 bits per heavy atom. The molecule has 3 rings (SSSR count). The van der Waals surface area contributed by atoms with Crippen molar-refractivity contribution in [3.8, 4) is 0 Å². The lowest BCUT2D eigenvalue weighted by Crippen LogP contribution is -2.38. The fourth-order valence-corrected chi connectivity index (χ4v) is 4.32. The summed E-state index contributed by atoms with van der Waals surface area (Å²) in [5.41, 5.74) is 3.51. The van der Waals surface area contributed by atoms with Crippen LogP contribution in [0.15, 0.2) is 47.4 Å². The largest absolute Gasteiger partial charge is 0.351 e. The number of rotatable bonds is 6. The van der Waals surface area contributed by atoms with E-state index in [1.165, 1.54) is 13.1 Å². The number of sulfonamides is 1. The minimum atomic E-state index is -3.82. The summed E-state index contributed by atoms with van der Waals surface area (Å²) in [5, 5.41) is 5.53. The third kappa shape index (κ3) is 5.21. The van der Waals surface area contributed by atoms with Crippen LogP contribution in [0.4, 0.5) is 5.69 Å². The number of nitrogens with zero attached hydrogens (tertiary/aromatic N) is 1. The SMILES string of the molecule is Cc1ccc(CNC(=O)CN(C)S(=O)(=O)c2ccc3c(c2)CCCC(=O)N3)cc1. The van der Waals surface area contributed by atoms with E-state index in [-0.39, 0.29) is 23.3 Å². The fourth-order valence-electron chi connectivity index (χ4n) is 3.14. The highest BCUT2D eigenvalue weighted by Crippen LogP contribution is 2.26. The summed E-state index contributed by atoms with van der Waals surface area (Å²) in [7, 11) is -2.44. The van der Waals surface area contributed by atoms with E-state index in [4.69, 9.17) is 0 Å². The van der Waals surface area contributed by atoms with Crippen molar-refractivity contribution in [1.29, 1.82) is 0 Å². The maximum atomic E-state index is 12.9. The molecule has 0 atom stereocenters. The van der Waals surface area contributed by atoms with E-state index in [1.54, 1.807) is 12.1 Å². The number of aryl methyl sites for hydroxylation is 2. The molecule has 0 radical (unpaired) electrons. The van der Waals surface area contributed by atoms with Crippen LogP contribution < -0.4 is 10.6 Å². The Morgan fingerprint density at radius 1 is 1.14 bits per heavy atom. The molecular formula is C21H25N3O4S. The maximum Gasteiger partial charge on any atom is 0.243 e. The van der Waals surface area contributed by atoms with Gasteiger partial charge in [-0.05, 0) is 49.1 Å². The van der Waals surface area contributed by atoms with Crippen LogP contribution in [0.25, 0.3) is 0 Å². The van der Waals surface area contributed by atoms with Crippen molar-refractivity contribution in [2.24, 2.45) is 0 Å². The van der Waals surface area contributed by atoms with E-state index in [0.29, 0.717) is 31.5 Å². The van der Waals surface area contributed by atoms with Gasteiger partial charge in [-0.15, -0.1) is 0 Å². The van der Waals surface area contributed by atoms with Gasteiger partial charge >= 0.3 is 0 Å². The minimum Gasteiger partial charge on any atom is -0.351 e. The van der Waals surface area contributed by atoms with Gasteiger partial charge in [-0.1, -0.05) is 29.8 Å². The summed E-state index contributed by atoms with van der Waals surface area (Å²) < 4.78 is 26.8. The monoisotopic (exact) mass is 415 g/mol. The van der Waals surface area contributed by atoms with Crippen LogP contribution in [-0.2, 0) is 32.6 Å². The lowest BCUT2D eigenvalue weighted by atomic mass is 10.1. The van der Waals surface area contributed by atoms with E-state index in [0.717, 1.165) is 21.0 Å². The first-order valence-corrected chi connectivity index (χ1v) is 10.9. The van der Waals surface area contributed by atoms with Gasteiger partial charge in [0.2, 0.25) is 21.8 Å². The minimum absolute atomic E-state index is 0.0678. The average Bonchev–Trinajstić information content (AvgIpc) is 2.87. The van der Waals surface area contributed by atoms with Gasteiger partial charge in [-0.2, -0.15) is 4.31 Å². The summed E-state index contributed by atoms with van der Waals surface area (Å²) in [6.07, 6.45) is 1.70. The Bertz CT molecular complexity index is 1020. The van der Waals surface area contributed by atoms with Crippen molar-refractivity contribution in [2.45, 2.75) is 37.6 Å². The van der Waals surface area contributed by atoms with Crippen LogP contribution >= 0.6 is 0 Å². The molecule has 0 saturated carbocycles. The molecule has 1 aliphatic heterocycles. The Balaban J connectivity index is 1.65. The molecule has 2 aromatic carbocycles. The second-order valence-corrected chi connectivity index (χ2v) is 9.29. The topological polar surface area (TPSA) is 95.6 Å². The van der Waals surface area contributed by atoms with Crippen LogP contribution in [0, 0.1) is 6.92 Å². The molecule has 0 unspecified atom stereocenters. The first-order chi connectivity index (χ1) is 13.8. The molecule has 2 N–H and O–H groups in total. The van der Waals surface area contributed by atoms with Gasteiger partial charge in [0, 0.05) is 25.7 Å². The molecule has 0 aliphatic carbocycles. The lowest BCUT2D eigenvalue weighted by molar-refractivity contribution is -0.121. The zero-order valence-electron chi connectivity index (χ0n) is 16.6. The average molecular weight is 416 g/mol. The molecule has 7 nitrogen and oxygen atoms in total. The van der Waals surface area contributed by atoms with Gasteiger partial charge in [0.25, 0.3) is 0 Å². The Hall–Kier alpha value is -2.71. The number of nitrogens with one attached hydrogen (secondary N) is 2. The van der Waals surface area contributed by atoms with Crippen LogP contribution in [0.5, 0.6) is 0 Å². The zero-order valence-corrected chi connectivity index (χ0v) is 17.4. The van der Waals surface area contributed by atoms with E-state index < -0.39 is 10.0 Å². The van der Waals surface area contributed by atoms with Gasteiger partial charge in [0.05, 0.1) is 11.4 Å². The summed E-state index contributed by atoms with van der Waals surface area (Å²) >= 11 is 0. The zero-order chi connectivity index (χ0) is 21.0. The predicted octanol–water partition coefficient (Wildman–Crippen LogP) is 2.21. The summed E-state index contributed by atoms with van der Waals surface area (Å²) in [6, 6.07) is 12.4. The van der Waals surface area contributed by atoms with Crippen LogP contribution in [0.1, 0.15) is 29.5 Å². The normalized spacial score (nSPS) is 14.1. The van der Waals surface area contributed by atoms with Crippen molar-refractivity contribution in [3.63, 3.8) is 0 Å². The van der Waals surface area contributed by atoms with Crippen LogP contribution in [-0.4, -0.2) is 38.1 Å². The Labute approximate surface area is 171 Å². The molecule has 1 heterocycles. The number of fused-ring (bicyclic) bond motifs is 1. The number of likely N-dealkylation sites (N-methyl/N-ethyl adjacent to an activating group) is 1. The van der Waals surface area contributed by atoms with E-state index in [2.05, 4.69) is 10.6 Å². The molecular weight excluding hydrogens is 390 g/mol. The van der Waals surface area contributed by atoms with Crippen LogP contribution in [0.3, 0.4) is 0 Å². The number of anilines is 1. The van der Waals surface area contributed by atoms with Gasteiger partial charge in [-0.3, -0.25) is 9.59 Å². The van der Waals surface area contributed by atoms with Gasteiger partial charge in [0.1, 0.15) is 0 Å². The van der Waals surface area contributed by atoms with Crippen molar-refractivity contribution in [3.05, 3.63) is 59.2 Å². The fraction of sp³-hybridized carbons (Fsp3) is 0.333. The van der Waals surface area contributed by atoms with Crippen molar-refractivity contribution in [2.75, 3.05) is 18.9 Å². The highest BCUT2D eigenvalue weighted by atomic mass is 32.2. The molecule has 1 aliphatic rings. The van der Waals surface area contributed by atoms with Gasteiger partial charge < -0.3 is 10.6 Å². The molecule has 8 heteroatoms. The lowest BCUT2D eigenvalue weighted by Gasteiger charge is -2.18. The summed E-state index contributed by atoms with van der Waals surface area (Å²) in [4.78, 5) is 24.0. The maximum absolute atomic E-state index is 12.9. The smallest absolute Gasteiger partial charge is 0.243 e. The Kier molecular flexibility index (Phi) is 6.34. The second-order valence-electron chi connectivity index (χ2n) is 7.24. The molecule has 29 heavy (non-hydrogen) atoms. The number of carbonyl (C=O) groups is 2. The molecule has 0 spiro atoms. The van der Waals surface area contributed by atoms with Gasteiger partial charge in [0.15, 0.2) is 0 Å². The molecule has 0 aromatic heterocycles. The molecule has 0 bridgehead atoms. The molecule has 0 saturated heterocycles. The molecule has 154 valence electrons. The number of amides is 2. The molecule has 2 amide bonds. The highest BCUT2D eigenvalue weighted by molar-refractivity contribution is 7.89. The number of benzene rings is 2. The predicted molar refractivity (Wildman–Crippen MR) is 111 cm³/mol. The van der Waals surface area contributed by atoms with E-state index in [9.17, 15) is 18.0 Å². The summed E-state index contributed by atoms with van der Waals surface area (Å²) in [6.45, 7) is 2.05. The van der Waals surface area contributed by atoms with E-state index >= 15 is 0 Å². The molecule has 0 fully saturated rings. The van der Waals surface area contributed by atoms with Crippen molar-refractivity contribution in [1.82, 2.24) is 9.62 Å². The molecule has 2 aromatic rings.